The second kappa shape index (κ2) is 7.49. The fourth-order valence-electron chi connectivity index (χ4n) is 2.90. The number of rotatable bonds is 5. The van der Waals surface area contributed by atoms with Crippen LogP contribution in [0.25, 0.3) is 0 Å². The molecule has 0 aliphatic carbocycles. The Kier molecular flexibility index (Phi) is 5.16. The third-order valence-electron chi connectivity index (χ3n) is 4.21. The summed E-state index contributed by atoms with van der Waals surface area (Å²) in [6, 6.07) is 16.8. The molecule has 1 aliphatic rings. The maximum Gasteiger partial charge on any atom is 0.243 e. The van der Waals surface area contributed by atoms with Crippen LogP contribution in [0.4, 0.5) is 0 Å². The van der Waals surface area contributed by atoms with Gasteiger partial charge in [0.15, 0.2) is 0 Å². The molecule has 2 aromatic rings. The second-order valence-corrected chi connectivity index (χ2v) is 6.33. The van der Waals surface area contributed by atoms with E-state index in [0.717, 1.165) is 11.1 Å². The molecule has 0 radical (unpaired) electrons. The Bertz CT molecular complexity index is 733. The molecule has 0 aromatic heterocycles. The third-order valence-corrected chi connectivity index (χ3v) is 4.58. The summed E-state index contributed by atoms with van der Waals surface area (Å²) in [7, 11) is 0. The monoisotopic (exact) mass is 342 g/mol. The molecule has 24 heavy (non-hydrogen) atoms. The van der Waals surface area contributed by atoms with Crippen molar-refractivity contribution in [3.8, 4) is 0 Å². The normalized spacial score (nSPS) is 18.0. The van der Waals surface area contributed by atoms with Gasteiger partial charge in [0.05, 0.1) is 6.04 Å². The van der Waals surface area contributed by atoms with Crippen LogP contribution in [0.5, 0.6) is 0 Å². The van der Waals surface area contributed by atoms with E-state index >= 15 is 0 Å². The summed E-state index contributed by atoms with van der Waals surface area (Å²) in [5, 5.41) is 6.45. The van der Waals surface area contributed by atoms with Crippen LogP contribution in [0, 0.1) is 0 Å². The number of benzene rings is 2. The summed E-state index contributed by atoms with van der Waals surface area (Å²) >= 11 is 6.27. The molecule has 124 valence electrons. The Balaban J connectivity index is 1.79. The summed E-state index contributed by atoms with van der Waals surface area (Å²) in [6.07, 6.45) is 1.53. The molecule has 0 saturated carbocycles. The molecule has 0 bridgehead atoms. The first-order valence-corrected chi connectivity index (χ1v) is 8.39. The molecule has 5 heteroatoms. The summed E-state index contributed by atoms with van der Waals surface area (Å²) in [5.41, 5.74) is 1.99. The number of carbonyl (C=O) groups is 2. The Hall–Kier alpha value is -2.33. The van der Waals surface area contributed by atoms with Gasteiger partial charge in [0.1, 0.15) is 6.04 Å². The lowest BCUT2D eigenvalue weighted by Crippen LogP contribution is -2.43. The van der Waals surface area contributed by atoms with Crippen molar-refractivity contribution in [3.05, 3.63) is 70.7 Å². The van der Waals surface area contributed by atoms with Crippen molar-refractivity contribution in [3.63, 3.8) is 0 Å². The average Bonchev–Trinajstić information content (AvgIpc) is 3.03. The molecule has 0 spiro atoms. The lowest BCUT2D eigenvalue weighted by molar-refractivity contribution is -0.126. The molecular formula is C19H19ClN2O2. The van der Waals surface area contributed by atoms with Crippen LogP contribution in [-0.2, 0) is 16.0 Å². The van der Waals surface area contributed by atoms with Gasteiger partial charge >= 0.3 is 0 Å². The largest absolute Gasteiger partial charge is 0.347 e. The summed E-state index contributed by atoms with van der Waals surface area (Å²) in [4.78, 5) is 23.8. The van der Waals surface area contributed by atoms with E-state index in [1.54, 1.807) is 0 Å². The van der Waals surface area contributed by atoms with E-state index in [2.05, 4.69) is 10.6 Å². The van der Waals surface area contributed by atoms with E-state index < -0.39 is 6.04 Å². The zero-order valence-corrected chi connectivity index (χ0v) is 13.9. The lowest BCUT2D eigenvalue weighted by Gasteiger charge is -2.22. The van der Waals surface area contributed by atoms with Gasteiger partial charge in [-0.1, -0.05) is 60.1 Å². The first-order valence-electron chi connectivity index (χ1n) is 8.01. The number of nitrogens with one attached hydrogen (secondary N) is 2. The van der Waals surface area contributed by atoms with Gasteiger partial charge in [-0.25, -0.2) is 0 Å². The highest BCUT2D eigenvalue weighted by Crippen LogP contribution is 2.24. The minimum absolute atomic E-state index is 0.0717. The predicted molar refractivity (Wildman–Crippen MR) is 93.6 cm³/mol. The van der Waals surface area contributed by atoms with Gasteiger partial charge in [0.2, 0.25) is 11.8 Å². The van der Waals surface area contributed by atoms with Crippen LogP contribution in [0.3, 0.4) is 0 Å². The molecule has 1 fully saturated rings. The highest BCUT2D eigenvalue weighted by atomic mass is 35.5. The van der Waals surface area contributed by atoms with Crippen molar-refractivity contribution in [2.24, 2.45) is 0 Å². The highest BCUT2D eigenvalue weighted by molar-refractivity contribution is 6.31. The van der Waals surface area contributed by atoms with Gasteiger partial charge < -0.3 is 10.6 Å². The second-order valence-electron chi connectivity index (χ2n) is 5.93. The van der Waals surface area contributed by atoms with E-state index in [0.29, 0.717) is 24.3 Å². The zero-order valence-electron chi connectivity index (χ0n) is 13.2. The maximum absolute atomic E-state index is 12.5. The molecule has 2 N–H and O–H groups in total. The van der Waals surface area contributed by atoms with E-state index in [1.165, 1.54) is 0 Å². The fraction of sp³-hybridized carbons (Fsp3) is 0.263. The molecule has 3 rings (SSSR count). The topological polar surface area (TPSA) is 58.2 Å². The molecule has 2 amide bonds. The van der Waals surface area contributed by atoms with Gasteiger partial charge in [0, 0.05) is 11.4 Å². The molecule has 1 saturated heterocycles. The quantitative estimate of drug-likeness (QED) is 0.877. The lowest BCUT2D eigenvalue weighted by atomic mass is 9.98. The number of halogens is 1. The highest BCUT2D eigenvalue weighted by Gasteiger charge is 2.29. The van der Waals surface area contributed by atoms with Crippen molar-refractivity contribution >= 4 is 23.4 Å². The van der Waals surface area contributed by atoms with Crippen molar-refractivity contribution in [1.29, 1.82) is 0 Å². The van der Waals surface area contributed by atoms with Gasteiger partial charge in [-0.2, -0.15) is 0 Å². The zero-order chi connectivity index (χ0) is 16.9. The first-order chi connectivity index (χ1) is 11.6. The van der Waals surface area contributed by atoms with Crippen molar-refractivity contribution in [2.75, 3.05) is 0 Å². The number of hydrogen-bond acceptors (Lipinski definition) is 2. The van der Waals surface area contributed by atoms with Crippen LogP contribution in [-0.4, -0.2) is 17.9 Å². The average molecular weight is 343 g/mol. The van der Waals surface area contributed by atoms with Crippen LogP contribution in [0.2, 0.25) is 5.02 Å². The van der Waals surface area contributed by atoms with Gasteiger partial charge in [-0.15, -0.1) is 0 Å². The predicted octanol–water partition coefficient (Wildman–Crippen LogP) is 3.02. The van der Waals surface area contributed by atoms with Crippen LogP contribution in [0.15, 0.2) is 54.6 Å². The van der Waals surface area contributed by atoms with Crippen LogP contribution in [0.1, 0.15) is 30.0 Å². The molecular weight excluding hydrogens is 324 g/mol. The molecule has 4 nitrogen and oxygen atoms in total. The van der Waals surface area contributed by atoms with Crippen LogP contribution < -0.4 is 10.6 Å². The fourth-order valence-corrected chi connectivity index (χ4v) is 3.12. The Morgan fingerprint density at radius 3 is 2.54 bits per heavy atom. The number of hydrogen-bond donors (Lipinski definition) is 2. The summed E-state index contributed by atoms with van der Waals surface area (Å²) < 4.78 is 0. The minimum Gasteiger partial charge on any atom is -0.347 e. The number of carbonyl (C=O) groups excluding carboxylic acids is 2. The van der Waals surface area contributed by atoms with Crippen LogP contribution >= 0.6 is 11.6 Å². The smallest absolute Gasteiger partial charge is 0.243 e. The maximum atomic E-state index is 12.5. The minimum atomic E-state index is -0.449. The Labute approximate surface area is 146 Å². The molecule has 0 unspecified atom stereocenters. The van der Waals surface area contributed by atoms with Crippen molar-refractivity contribution < 1.29 is 9.59 Å². The van der Waals surface area contributed by atoms with Crippen molar-refractivity contribution in [1.82, 2.24) is 10.6 Å². The first kappa shape index (κ1) is 16.5. The molecule has 2 aromatic carbocycles. The van der Waals surface area contributed by atoms with Gasteiger partial charge in [0.25, 0.3) is 0 Å². The molecule has 1 aliphatic heterocycles. The van der Waals surface area contributed by atoms with Gasteiger partial charge in [-0.3, -0.25) is 9.59 Å². The third kappa shape index (κ3) is 3.95. The Morgan fingerprint density at radius 1 is 1.17 bits per heavy atom. The summed E-state index contributed by atoms with van der Waals surface area (Å²) in [6.45, 7) is 0. The van der Waals surface area contributed by atoms with Gasteiger partial charge in [-0.05, 0) is 30.0 Å². The molecule has 1 heterocycles. The van der Waals surface area contributed by atoms with E-state index in [1.807, 2.05) is 54.6 Å². The van der Waals surface area contributed by atoms with E-state index in [4.69, 9.17) is 11.6 Å². The summed E-state index contributed by atoms with van der Waals surface area (Å²) in [5.74, 6) is -0.223. The number of amides is 2. The molecule has 2 atom stereocenters. The SMILES string of the molecule is O=C1CC[C@H](C(=O)N[C@H](Cc2ccccc2Cl)c2ccccc2)N1. The van der Waals surface area contributed by atoms with Crippen molar-refractivity contribution in [2.45, 2.75) is 31.3 Å². The van der Waals surface area contributed by atoms with E-state index in [-0.39, 0.29) is 17.9 Å². The standard InChI is InChI=1S/C19H19ClN2O2/c20-15-9-5-4-8-14(15)12-17(13-6-2-1-3-7-13)22-19(24)16-10-11-18(23)21-16/h1-9,16-17H,10-12H2,(H,21,23)(H,22,24)/t16-,17-/m1/s1. The Morgan fingerprint density at radius 2 is 1.88 bits per heavy atom. The van der Waals surface area contributed by atoms with E-state index in [9.17, 15) is 9.59 Å².